The number of carbonyl (C=O) groups excluding carboxylic acids is 1. The fourth-order valence-electron chi connectivity index (χ4n) is 3.83. The van der Waals surface area contributed by atoms with Crippen LogP contribution in [0.5, 0.6) is 0 Å². The van der Waals surface area contributed by atoms with Crippen LogP contribution >= 0.6 is 0 Å². The standard InChI is InChI=1S/C23H25N3O3S/c1-25(2)30(28,29)18-12-13-22(26-14-5-6-15-26)20(16-18)23(27)24-21-11-7-9-17-8-3-4-10-19(17)21/h3-4,7-13,16H,5-6,14-15H2,1-2H3,(H,24,27). The molecule has 1 heterocycles. The van der Waals surface area contributed by atoms with Gasteiger partial charge in [0.05, 0.1) is 10.5 Å². The molecule has 0 aliphatic carbocycles. The Morgan fingerprint density at radius 1 is 0.967 bits per heavy atom. The van der Waals surface area contributed by atoms with Gasteiger partial charge in [-0.05, 0) is 42.5 Å². The van der Waals surface area contributed by atoms with Gasteiger partial charge in [0.15, 0.2) is 0 Å². The van der Waals surface area contributed by atoms with Gasteiger partial charge in [0.2, 0.25) is 10.0 Å². The Morgan fingerprint density at radius 3 is 2.40 bits per heavy atom. The van der Waals surface area contributed by atoms with Crippen molar-refractivity contribution in [3.63, 3.8) is 0 Å². The molecule has 0 aromatic heterocycles. The molecule has 1 saturated heterocycles. The highest BCUT2D eigenvalue weighted by Gasteiger charge is 2.25. The Bertz CT molecular complexity index is 1190. The molecule has 1 amide bonds. The molecular formula is C23H25N3O3S. The van der Waals surface area contributed by atoms with Gasteiger partial charge < -0.3 is 10.2 Å². The number of hydrogen-bond donors (Lipinski definition) is 1. The van der Waals surface area contributed by atoms with Crippen molar-refractivity contribution in [2.75, 3.05) is 37.4 Å². The summed E-state index contributed by atoms with van der Waals surface area (Å²) in [4.78, 5) is 15.6. The molecule has 7 heteroatoms. The lowest BCUT2D eigenvalue weighted by atomic mass is 10.1. The van der Waals surface area contributed by atoms with E-state index in [1.165, 1.54) is 20.2 Å². The van der Waals surface area contributed by atoms with Gasteiger partial charge in [-0.1, -0.05) is 36.4 Å². The number of benzene rings is 3. The van der Waals surface area contributed by atoms with Crippen LogP contribution in [0.2, 0.25) is 0 Å². The van der Waals surface area contributed by atoms with Gasteiger partial charge in [0.25, 0.3) is 5.91 Å². The number of nitrogens with one attached hydrogen (secondary N) is 1. The molecule has 0 unspecified atom stereocenters. The summed E-state index contributed by atoms with van der Waals surface area (Å²) >= 11 is 0. The predicted octanol–water partition coefficient (Wildman–Crippen LogP) is 3.94. The van der Waals surface area contributed by atoms with Crippen LogP contribution in [0.4, 0.5) is 11.4 Å². The summed E-state index contributed by atoms with van der Waals surface area (Å²) in [7, 11) is -0.675. The molecule has 156 valence electrons. The van der Waals surface area contributed by atoms with E-state index in [4.69, 9.17) is 0 Å². The first-order valence-electron chi connectivity index (χ1n) is 9.98. The Hall–Kier alpha value is -2.90. The number of rotatable bonds is 5. The van der Waals surface area contributed by atoms with Crippen molar-refractivity contribution in [1.82, 2.24) is 4.31 Å². The molecule has 0 atom stereocenters. The highest BCUT2D eigenvalue weighted by Crippen LogP contribution is 2.30. The molecule has 1 aliphatic heterocycles. The normalized spacial score (nSPS) is 14.4. The lowest BCUT2D eigenvalue weighted by Gasteiger charge is -2.22. The minimum atomic E-state index is -3.65. The van der Waals surface area contributed by atoms with Gasteiger partial charge in [0.1, 0.15) is 0 Å². The van der Waals surface area contributed by atoms with Crippen molar-refractivity contribution in [3.05, 3.63) is 66.2 Å². The molecule has 0 spiro atoms. The molecule has 4 rings (SSSR count). The van der Waals surface area contributed by atoms with Gasteiger partial charge in [-0.2, -0.15) is 0 Å². The number of hydrogen-bond acceptors (Lipinski definition) is 4. The SMILES string of the molecule is CN(C)S(=O)(=O)c1ccc(N2CCCC2)c(C(=O)Nc2cccc3ccccc23)c1. The number of amides is 1. The van der Waals surface area contributed by atoms with Gasteiger partial charge in [-0.3, -0.25) is 4.79 Å². The number of sulfonamides is 1. The van der Waals surface area contributed by atoms with Crippen molar-refractivity contribution in [1.29, 1.82) is 0 Å². The van der Waals surface area contributed by atoms with E-state index in [9.17, 15) is 13.2 Å². The van der Waals surface area contributed by atoms with Crippen LogP contribution in [0, 0.1) is 0 Å². The molecule has 1 aliphatic rings. The van der Waals surface area contributed by atoms with E-state index in [-0.39, 0.29) is 10.8 Å². The molecule has 3 aromatic rings. The van der Waals surface area contributed by atoms with Crippen LogP contribution in [-0.2, 0) is 10.0 Å². The van der Waals surface area contributed by atoms with Gasteiger partial charge >= 0.3 is 0 Å². The van der Waals surface area contributed by atoms with Gasteiger partial charge in [-0.25, -0.2) is 12.7 Å². The topological polar surface area (TPSA) is 69.7 Å². The number of carbonyl (C=O) groups is 1. The Balaban J connectivity index is 1.77. The molecule has 6 nitrogen and oxygen atoms in total. The molecular weight excluding hydrogens is 398 g/mol. The summed E-state index contributed by atoms with van der Waals surface area (Å²) in [5.41, 5.74) is 1.84. The van der Waals surface area contributed by atoms with E-state index in [0.717, 1.165) is 46.7 Å². The minimum absolute atomic E-state index is 0.110. The summed E-state index contributed by atoms with van der Waals surface area (Å²) in [5, 5.41) is 4.96. The summed E-state index contributed by atoms with van der Waals surface area (Å²) in [6, 6.07) is 18.4. The average Bonchev–Trinajstić information content (AvgIpc) is 3.28. The van der Waals surface area contributed by atoms with Gasteiger partial charge in [-0.15, -0.1) is 0 Å². The van der Waals surface area contributed by atoms with E-state index >= 15 is 0 Å². The Labute approximate surface area is 177 Å². The maximum atomic E-state index is 13.3. The van der Waals surface area contributed by atoms with Crippen LogP contribution in [0.25, 0.3) is 10.8 Å². The van der Waals surface area contributed by atoms with Crippen LogP contribution < -0.4 is 10.2 Å². The highest BCUT2D eigenvalue weighted by atomic mass is 32.2. The fraction of sp³-hybridized carbons (Fsp3) is 0.261. The van der Waals surface area contributed by atoms with Gasteiger partial charge in [0, 0.05) is 43.9 Å². The third-order valence-electron chi connectivity index (χ3n) is 5.48. The van der Waals surface area contributed by atoms with Crippen molar-refractivity contribution in [3.8, 4) is 0 Å². The third kappa shape index (κ3) is 3.78. The largest absolute Gasteiger partial charge is 0.371 e. The maximum Gasteiger partial charge on any atom is 0.257 e. The zero-order valence-electron chi connectivity index (χ0n) is 17.1. The van der Waals surface area contributed by atoms with Crippen molar-refractivity contribution >= 4 is 38.1 Å². The lowest BCUT2D eigenvalue weighted by Crippen LogP contribution is -2.25. The molecule has 3 aromatic carbocycles. The summed E-state index contributed by atoms with van der Waals surface area (Å²) in [6.45, 7) is 1.71. The number of fused-ring (bicyclic) bond motifs is 1. The first-order valence-corrected chi connectivity index (χ1v) is 11.4. The van der Waals surface area contributed by atoms with Crippen molar-refractivity contribution in [2.45, 2.75) is 17.7 Å². The van der Waals surface area contributed by atoms with Crippen LogP contribution in [-0.4, -0.2) is 45.8 Å². The smallest absolute Gasteiger partial charge is 0.257 e. The highest BCUT2D eigenvalue weighted by molar-refractivity contribution is 7.89. The zero-order valence-corrected chi connectivity index (χ0v) is 17.9. The molecule has 0 radical (unpaired) electrons. The molecule has 0 saturated carbocycles. The Kier molecular flexibility index (Phi) is 5.49. The number of anilines is 2. The van der Waals surface area contributed by atoms with E-state index in [1.807, 2.05) is 42.5 Å². The predicted molar refractivity (Wildman–Crippen MR) is 121 cm³/mol. The molecule has 1 N–H and O–H groups in total. The fourth-order valence-corrected chi connectivity index (χ4v) is 4.75. The zero-order chi connectivity index (χ0) is 21.3. The molecule has 0 bridgehead atoms. The second-order valence-corrected chi connectivity index (χ2v) is 9.79. The maximum absolute atomic E-state index is 13.3. The first-order chi connectivity index (χ1) is 14.4. The minimum Gasteiger partial charge on any atom is -0.371 e. The van der Waals surface area contributed by atoms with Crippen LogP contribution in [0.1, 0.15) is 23.2 Å². The van der Waals surface area contributed by atoms with Crippen LogP contribution in [0.15, 0.2) is 65.6 Å². The Morgan fingerprint density at radius 2 is 1.67 bits per heavy atom. The quantitative estimate of drug-likeness (QED) is 0.675. The van der Waals surface area contributed by atoms with E-state index < -0.39 is 10.0 Å². The third-order valence-corrected chi connectivity index (χ3v) is 7.29. The summed E-state index contributed by atoms with van der Waals surface area (Å²) < 4.78 is 26.5. The lowest BCUT2D eigenvalue weighted by molar-refractivity contribution is 0.102. The van der Waals surface area contributed by atoms with Crippen LogP contribution in [0.3, 0.4) is 0 Å². The summed E-state index contributed by atoms with van der Waals surface area (Å²) in [5.74, 6) is -0.316. The molecule has 30 heavy (non-hydrogen) atoms. The van der Waals surface area contributed by atoms with Crippen molar-refractivity contribution < 1.29 is 13.2 Å². The molecule has 1 fully saturated rings. The van der Waals surface area contributed by atoms with E-state index in [2.05, 4.69) is 10.2 Å². The first kappa shape index (κ1) is 20.4. The summed E-state index contributed by atoms with van der Waals surface area (Å²) in [6.07, 6.45) is 2.12. The van der Waals surface area contributed by atoms with E-state index in [1.54, 1.807) is 12.1 Å². The second-order valence-electron chi connectivity index (χ2n) is 7.64. The van der Waals surface area contributed by atoms with E-state index in [0.29, 0.717) is 11.3 Å². The van der Waals surface area contributed by atoms with Crippen molar-refractivity contribution in [2.24, 2.45) is 0 Å². The average molecular weight is 424 g/mol. The number of nitrogens with zero attached hydrogens (tertiary/aromatic N) is 2. The second kappa shape index (κ2) is 8.08. The monoisotopic (exact) mass is 423 g/mol.